The number of alkyl halides is 1. The van der Waals surface area contributed by atoms with E-state index in [1.54, 1.807) is 5.57 Å². The summed E-state index contributed by atoms with van der Waals surface area (Å²) < 4.78 is 5.66. The summed E-state index contributed by atoms with van der Waals surface area (Å²) in [7, 11) is 0. The summed E-state index contributed by atoms with van der Waals surface area (Å²) in [5.74, 6) is 0. The van der Waals surface area contributed by atoms with E-state index in [-0.39, 0.29) is 5.38 Å². The van der Waals surface area contributed by atoms with Gasteiger partial charge < -0.3 is 4.74 Å². The van der Waals surface area contributed by atoms with Gasteiger partial charge in [0.05, 0.1) is 11.5 Å². The van der Waals surface area contributed by atoms with Crippen LogP contribution in [0.15, 0.2) is 11.6 Å². The largest absolute Gasteiger partial charge is 0.378 e. The maximum atomic E-state index is 6.30. The second-order valence-corrected chi connectivity index (χ2v) is 6.97. The zero-order valence-electron chi connectivity index (χ0n) is 11.2. The predicted molar refractivity (Wildman–Crippen MR) is 73.6 cm³/mol. The van der Waals surface area contributed by atoms with Gasteiger partial charge >= 0.3 is 0 Å². The van der Waals surface area contributed by atoms with E-state index in [0.717, 1.165) is 13.0 Å². The molecule has 1 fully saturated rings. The first-order valence-electron chi connectivity index (χ1n) is 7.00. The van der Waals surface area contributed by atoms with Crippen molar-refractivity contribution < 1.29 is 4.74 Å². The summed E-state index contributed by atoms with van der Waals surface area (Å²) in [6, 6.07) is 0. The summed E-state index contributed by atoms with van der Waals surface area (Å²) in [5, 5.41) is 0.247. The molecule has 1 nitrogen and oxygen atoms in total. The third-order valence-electron chi connectivity index (χ3n) is 3.92. The summed E-state index contributed by atoms with van der Waals surface area (Å²) in [4.78, 5) is 0. The van der Waals surface area contributed by atoms with E-state index in [2.05, 4.69) is 19.9 Å². The maximum absolute atomic E-state index is 6.30. The van der Waals surface area contributed by atoms with Crippen LogP contribution in [-0.2, 0) is 4.74 Å². The molecule has 98 valence electrons. The Balaban J connectivity index is 1.74. The van der Waals surface area contributed by atoms with Crippen molar-refractivity contribution in [3.05, 3.63) is 11.6 Å². The Morgan fingerprint density at radius 3 is 2.94 bits per heavy atom. The van der Waals surface area contributed by atoms with Crippen LogP contribution in [-0.4, -0.2) is 18.1 Å². The molecular weight excluding hydrogens is 232 g/mol. The van der Waals surface area contributed by atoms with Gasteiger partial charge in [-0.2, -0.15) is 0 Å². The van der Waals surface area contributed by atoms with E-state index < -0.39 is 0 Å². The highest BCUT2D eigenvalue weighted by Crippen LogP contribution is 2.39. The number of halogens is 1. The van der Waals surface area contributed by atoms with Crippen LogP contribution in [0.25, 0.3) is 0 Å². The third-order valence-corrected chi connectivity index (χ3v) is 4.20. The standard InChI is InChI=1S/C15H25ClO/c1-15(2)10-12(9-13(16)11-15)5-3-6-14-7-4-8-17-14/h9,13-14H,3-8,10-11H2,1-2H3. The SMILES string of the molecule is CC1(C)CC(CCCC2CCCO2)=CC(Cl)C1. The van der Waals surface area contributed by atoms with Gasteiger partial charge in [0.2, 0.25) is 0 Å². The fourth-order valence-corrected chi connectivity index (χ4v) is 3.78. The van der Waals surface area contributed by atoms with Crippen LogP contribution in [0.1, 0.15) is 58.8 Å². The summed E-state index contributed by atoms with van der Waals surface area (Å²) in [6.07, 6.45) is 11.4. The molecule has 0 spiro atoms. The normalized spacial score (nSPS) is 32.5. The molecule has 0 N–H and O–H groups in total. The lowest BCUT2D eigenvalue weighted by Gasteiger charge is -2.32. The first-order chi connectivity index (χ1) is 8.05. The number of hydrogen-bond acceptors (Lipinski definition) is 1. The molecule has 2 aliphatic rings. The lowest BCUT2D eigenvalue weighted by molar-refractivity contribution is 0.102. The van der Waals surface area contributed by atoms with Crippen molar-refractivity contribution in [3.63, 3.8) is 0 Å². The molecule has 17 heavy (non-hydrogen) atoms. The van der Waals surface area contributed by atoms with Gasteiger partial charge in [-0.1, -0.05) is 25.5 Å². The van der Waals surface area contributed by atoms with Crippen LogP contribution < -0.4 is 0 Å². The second kappa shape index (κ2) is 5.75. The number of hydrogen-bond donors (Lipinski definition) is 0. The molecule has 0 radical (unpaired) electrons. The molecule has 1 saturated heterocycles. The number of rotatable bonds is 4. The van der Waals surface area contributed by atoms with Crippen molar-refractivity contribution >= 4 is 11.6 Å². The van der Waals surface area contributed by atoms with Gasteiger partial charge in [0.1, 0.15) is 0 Å². The van der Waals surface area contributed by atoms with E-state index in [4.69, 9.17) is 16.3 Å². The van der Waals surface area contributed by atoms with Gasteiger partial charge in [0.15, 0.2) is 0 Å². The Hall–Kier alpha value is -0.0100. The third kappa shape index (κ3) is 4.30. The van der Waals surface area contributed by atoms with Gasteiger partial charge in [0, 0.05) is 6.61 Å². The van der Waals surface area contributed by atoms with Gasteiger partial charge in [0.25, 0.3) is 0 Å². The smallest absolute Gasteiger partial charge is 0.0576 e. The number of allylic oxidation sites excluding steroid dienone is 2. The average Bonchev–Trinajstić information content (AvgIpc) is 2.67. The van der Waals surface area contributed by atoms with E-state index in [1.807, 2.05) is 0 Å². The topological polar surface area (TPSA) is 9.23 Å². The number of ether oxygens (including phenoxy) is 1. The Bertz CT molecular complexity index is 277. The van der Waals surface area contributed by atoms with Crippen LogP contribution in [0, 0.1) is 5.41 Å². The Labute approximate surface area is 111 Å². The molecule has 0 aromatic rings. The molecule has 0 aromatic carbocycles. The molecular formula is C15H25ClO. The minimum absolute atomic E-state index is 0.247. The van der Waals surface area contributed by atoms with Gasteiger partial charge in [-0.05, 0) is 50.4 Å². The first kappa shape index (κ1) is 13.4. The van der Waals surface area contributed by atoms with Crippen LogP contribution >= 0.6 is 11.6 Å². The minimum Gasteiger partial charge on any atom is -0.378 e. The summed E-state index contributed by atoms with van der Waals surface area (Å²) in [5.41, 5.74) is 1.96. The molecule has 0 aromatic heterocycles. The zero-order chi connectivity index (χ0) is 12.3. The van der Waals surface area contributed by atoms with Gasteiger partial charge in [-0.25, -0.2) is 0 Å². The maximum Gasteiger partial charge on any atom is 0.0576 e. The lowest BCUT2D eigenvalue weighted by Crippen LogP contribution is -2.22. The molecule has 1 heterocycles. The Morgan fingerprint density at radius 2 is 2.29 bits per heavy atom. The van der Waals surface area contributed by atoms with Crippen molar-refractivity contribution in [3.8, 4) is 0 Å². The van der Waals surface area contributed by atoms with Crippen LogP contribution in [0.3, 0.4) is 0 Å². The second-order valence-electron chi connectivity index (χ2n) is 6.41. The van der Waals surface area contributed by atoms with Crippen molar-refractivity contribution in [2.75, 3.05) is 6.61 Å². The summed E-state index contributed by atoms with van der Waals surface area (Å²) in [6.45, 7) is 5.63. The zero-order valence-corrected chi connectivity index (χ0v) is 11.9. The molecule has 2 rings (SSSR count). The Morgan fingerprint density at radius 1 is 1.47 bits per heavy atom. The van der Waals surface area contributed by atoms with Crippen LogP contribution in [0.5, 0.6) is 0 Å². The highest BCUT2D eigenvalue weighted by atomic mass is 35.5. The summed E-state index contributed by atoms with van der Waals surface area (Å²) >= 11 is 6.30. The van der Waals surface area contributed by atoms with E-state index in [0.29, 0.717) is 11.5 Å². The van der Waals surface area contributed by atoms with E-state index in [9.17, 15) is 0 Å². The molecule has 2 atom stereocenters. The van der Waals surface area contributed by atoms with Crippen LogP contribution in [0.4, 0.5) is 0 Å². The molecule has 0 bridgehead atoms. The van der Waals surface area contributed by atoms with E-state index in [1.165, 1.54) is 38.5 Å². The molecule has 2 unspecified atom stereocenters. The van der Waals surface area contributed by atoms with Crippen LogP contribution in [0.2, 0.25) is 0 Å². The van der Waals surface area contributed by atoms with Crippen molar-refractivity contribution in [1.29, 1.82) is 0 Å². The monoisotopic (exact) mass is 256 g/mol. The molecule has 1 aliphatic carbocycles. The fraction of sp³-hybridized carbons (Fsp3) is 0.867. The predicted octanol–water partition coefficient (Wildman–Crippen LogP) is 4.69. The minimum atomic E-state index is 0.247. The first-order valence-corrected chi connectivity index (χ1v) is 7.44. The molecule has 0 saturated carbocycles. The molecule has 2 heteroatoms. The molecule has 1 aliphatic heterocycles. The van der Waals surface area contributed by atoms with Gasteiger partial charge in [-0.15, -0.1) is 11.6 Å². The highest BCUT2D eigenvalue weighted by Gasteiger charge is 2.27. The van der Waals surface area contributed by atoms with Gasteiger partial charge in [-0.3, -0.25) is 0 Å². The average molecular weight is 257 g/mol. The fourth-order valence-electron chi connectivity index (χ4n) is 3.19. The quantitative estimate of drug-likeness (QED) is 0.524. The van der Waals surface area contributed by atoms with Crippen molar-refractivity contribution in [2.24, 2.45) is 5.41 Å². The Kier molecular flexibility index (Phi) is 4.54. The molecule has 0 amide bonds. The lowest BCUT2D eigenvalue weighted by atomic mass is 9.76. The van der Waals surface area contributed by atoms with Crippen molar-refractivity contribution in [1.82, 2.24) is 0 Å². The van der Waals surface area contributed by atoms with Crippen molar-refractivity contribution in [2.45, 2.75) is 70.3 Å². The highest BCUT2D eigenvalue weighted by molar-refractivity contribution is 6.21. The van der Waals surface area contributed by atoms with E-state index >= 15 is 0 Å².